The standard InChI is InChI=1S/C88H84O20/c89-82(66-43-23-7-24-44-66)100-59-72-74(104-83(90)67-45-25-8-26-46-67)78(105-84(91)68-47-27-9-28-48-68)81(106-85(92)69-49-29-10-30-50-69)88(103-72)108-77-75(71(58-95-52-61-33-13-2-14-34-61)101-86(93)79(77)98-55-64-39-19-5-20-40-64)107-87-80(99-56-65-41-21-6-22-42-65)76(97-54-63-37-17-4-18-38-63)73(96-53-62-35-15-3-16-36-62)70(102-87)57-94-51-60-31-11-1-12-32-60/h1-50,70-81,86-88,93H,51-59H2/t70-,71-,72-,73-,74-,75-,76+,77+,78+,79-,80-,81-,86+,87-,88+/m1/s1. The van der Waals surface area contributed by atoms with Gasteiger partial charge < -0.3 is 76.2 Å². The van der Waals surface area contributed by atoms with Gasteiger partial charge in [0.25, 0.3) is 0 Å². The van der Waals surface area contributed by atoms with E-state index in [1.165, 1.54) is 36.4 Å². The first kappa shape index (κ1) is 75.8. The maximum absolute atomic E-state index is 15.1. The minimum Gasteiger partial charge on any atom is -0.459 e. The number of carbonyl (C=O) groups excluding carboxylic acids is 4. The van der Waals surface area contributed by atoms with Crippen molar-refractivity contribution in [2.24, 2.45) is 0 Å². The third-order valence-electron chi connectivity index (χ3n) is 18.4. The summed E-state index contributed by atoms with van der Waals surface area (Å²) < 4.78 is 104. The van der Waals surface area contributed by atoms with Gasteiger partial charge >= 0.3 is 23.9 Å². The van der Waals surface area contributed by atoms with Gasteiger partial charge in [0.2, 0.25) is 0 Å². The lowest BCUT2D eigenvalue weighted by Gasteiger charge is -2.51. The van der Waals surface area contributed by atoms with E-state index >= 15 is 9.59 Å². The van der Waals surface area contributed by atoms with Gasteiger partial charge in [-0.15, -0.1) is 0 Å². The van der Waals surface area contributed by atoms with Gasteiger partial charge in [-0.2, -0.15) is 0 Å². The summed E-state index contributed by atoms with van der Waals surface area (Å²) in [5.41, 5.74) is 5.25. The van der Waals surface area contributed by atoms with E-state index < -0.39 is 123 Å². The van der Waals surface area contributed by atoms with Gasteiger partial charge in [-0.05, 0) is 81.9 Å². The van der Waals surface area contributed by atoms with E-state index in [0.29, 0.717) is 5.56 Å². The van der Waals surface area contributed by atoms with Gasteiger partial charge in [0.15, 0.2) is 37.2 Å². The van der Waals surface area contributed by atoms with Gasteiger partial charge in [0.05, 0.1) is 75.1 Å². The van der Waals surface area contributed by atoms with Crippen molar-refractivity contribution in [3.05, 3.63) is 359 Å². The van der Waals surface area contributed by atoms with E-state index in [1.807, 2.05) is 182 Å². The second-order valence-electron chi connectivity index (χ2n) is 26.1. The quantitative estimate of drug-likeness (QED) is 0.0298. The second kappa shape index (κ2) is 38.9. The number of hydrogen-bond acceptors (Lipinski definition) is 20. The number of aliphatic hydroxyl groups is 1. The molecule has 108 heavy (non-hydrogen) atoms. The molecule has 0 saturated carbocycles. The number of aliphatic hydroxyl groups excluding tert-OH is 1. The predicted molar refractivity (Wildman–Crippen MR) is 394 cm³/mol. The molecule has 0 radical (unpaired) electrons. The number of esters is 4. The van der Waals surface area contributed by atoms with Crippen LogP contribution in [0.1, 0.15) is 74.8 Å². The molecule has 10 aromatic rings. The Hall–Kier alpha value is -10.4. The summed E-state index contributed by atoms with van der Waals surface area (Å²) in [4.78, 5) is 59.1. The Bertz CT molecular complexity index is 4330. The first-order valence-electron chi connectivity index (χ1n) is 35.9. The van der Waals surface area contributed by atoms with Crippen LogP contribution in [0.25, 0.3) is 0 Å². The second-order valence-corrected chi connectivity index (χ2v) is 26.1. The third kappa shape index (κ3) is 20.8. The Labute approximate surface area is 626 Å². The number of hydrogen-bond donors (Lipinski definition) is 1. The van der Waals surface area contributed by atoms with E-state index in [9.17, 15) is 14.7 Å². The van der Waals surface area contributed by atoms with Gasteiger partial charge in [-0.1, -0.05) is 255 Å². The first-order chi connectivity index (χ1) is 53.1. The molecule has 3 heterocycles. The Kier molecular flexibility index (Phi) is 27.3. The summed E-state index contributed by atoms with van der Waals surface area (Å²) in [6, 6.07) is 89.5. The maximum atomic E-state index is 15.1. The molecule has 0 amide bonds. The van der Waals surface area contributed by atoms with Crippen LogP contribution in [0.2, 0.25) is 0 Å². The average Bonchev–Trinajstić information content (AvgIpc) is 0.756. The van der Waals surface area contributed by atoms with Crippen molar-refractivity contribution in [3.8, 4) is 0 Å². The normalized spacial score (nSPS) is 24.0. The minimum absolute atomic E-state index is 0.00640. The van der Waals surface area contributed by atoms with E-state index in [1.54, 1.807) is 84.9 Å². The fraction of sp³-hybridized carbons (Fsp3) is 0.273. The Morgan fingerprint density at radius 3 is 0.944 bits per heavy atom. The van der Waals surface area contributed by atoms with Crippen LogP contribution in [0.4, 0.5) is 0 Å². The smallest absolute Gasteiger partial charge is 0.338 e. The highest BCUT2D eigenvalue weighted by atomic mass is 16.8. The number of ether oxygens (including phenoxy) is 15. The van der Waals surface area contributed by atoms with Crippen molar-refractivity contribution in [1.29, 1.82) is 0 Å². The molecule has 3 aliphatic heterocycles. The third-order valence-corrected chi connectivity index (χ3v) is 18.4. The molecule has 13 rings (SSSR count). The monoisotopic (exact) mass is 1460 g/mol. The van der Waals surface area contributed by atoms with Crippen LogP contribution in [0, 0.1) is 0 Å². The lowest BCUT2D eigenvalue weighted by atomic mass is 9.95. The molecular weight excluding hydrogens is 1380 g/mol. The lowest BCUT2D eigenvalue weighted by molar-refractivity contribution is -0.392. The number of benzene rings is 10. The molecule has 0 unspecified atom stereocenters. The van der Waals surface area contributed by atoms with Gasteiger partial charge in [0, 0.05) is 0 Å². The fourth-order valence-electron chi connectivity index (χ4n) is 13.0. The molecule has 1 N–H and O–H groups in total. The summed E-state index contributed by atoms with van der Waals surface area (Å²) in [7, 11) is 0. The van der Waals surface area contributed by atoms with Crippen LogP contribution in [0.3, 0.4) is 0 Å². The van der Waals surface area contributed by atoms with Crippen LogP contribution < -0.4 is 0 Å². The van der Waals surface area contributed by atoms with Crippen molar-refractivity contribution in [1.82, 2.24) is 0 Å². The molecule has 0 bridgehead atoms. The zero-order valence-electron chi connectivity index (χ0n) is 59.1. The van der Waals surface area contributed by atoms with Crippen molar-refractivity contribution < 1.29 is 95.3 Å². The summed E-state index contributed by atoms with van der Waals surface area (Å²) in [6.07, 6.45) is -22.9. The molecule has 15 atom stereocenters. The SMILES string of the molecule is O=C(OC[C@H]1O[C@@H](O[C@@H]2[C@@H](OCc3ccccc3)[C@@H](O)O[C@H](COCc3ccccc3)[C@H]2O[C@H]2O[C@H](COCc3ccccc3)[C@@H](OCc3ccccc3)[C@H](OCc3ccccc3)[C@H]2OCc2ccccc2)[C@H](OC(=O)c2ccccc2)[C@@H](OC(=O)c2ccccc2)[C@@H]1OC(=O)c1ccccc1)c1ccccc1. The van der Waals surface area contributed by atoms with E-state index in [2.05, 4.69) is 0 Å². The van der Waals surface area contributed by atoms with Gasteiger partial charge in [0.1, 0.15) is 61.5 Å². The summed E-state index contributed by atoms with van der Waals surface area (Å²) in [5.74, 6) is -3.61. The van der Waals surface area contributed by atoms with Crippen molar-refractivity contribution >= 4 is 23.9 Å². The zero-order valence-corrected chi connectivity index (χ0v) is 59.1. The molecule has 0 spiro atoms. The number of rotatable bonds is 33. The molecular formula is C88H84O20. The molecule has 0 aromatic heterocycles. The minimum atomic E-state index is -1.98. The van der Waals surface area contributed by atoms with Crippen molar-refractivity contribution in [2.45, 2.75) is 132 Å². The van der Waals surface area contributed by atoms with Crippen LogP contribution in [0.15, 0.2) is 303 Å². The van der Waals surface area contributed by atoms with Crippen LogP contribution >= 0.6 is 0 Å². The summed E-state index contributed by atoms with van der Waals surface area (Å²) in [6.45, 7) is -0.770. The van der Waals surface area contributed by atoms with Gasteiger partial charge in [-0.3, -0.25) is 0 Å². The van der Waals surface area contributed by atoms with Gasteiger partial charge in [-0.25, -0.2) is 19.2 Å². The highest BCUT2D eigenvalue weighted by molar-refractivity contribution is 5.91. The first-order valence-corrected chi connectivity index (χ1v) is 35.9. The van der Waals surface area contributed by atoms with Crippen LogP contribution in [-0.2, 0) is 111 Å². The average molecular weight is 1460 g/mol. The topological polar surface area (TPSA) is 227 Å². The summed E-state index contributed by atoms with van der Waals surface area (Å²) in [5, 5.41) is 12.9. The maximum Gasteiger partial charge on any atom is 0.338 e. The molecule has 0 aliphatic carbocycles. The highest BCUT2D eigenvalue weighted by Gasteiger charge is 2.59. The summed E-state index contributed by atoms with van der Waals surface area (Å²) >= 11 is 0. The van der Waals surface area contributed by atoms with E-state index in [-0.39, 0.29) is 75.1 Å². The lowest BCUT2D eigenvalue weighted by Crippen LogP contribution is -2.68. The molecule has 3 fully saturated rings. The molecule has 10 aromatic carbocycles. The molecule has 20 nitrogen and oxygen atoms in total. The Morgan fingerprint density at radius 1 is 0.259 bits per heavy atom. The predicted octanol–water partition coefficient (Wildman–Crippen LogP) is 13.2. The Balaban J connectivity index is 0.967. The molecule has 556 valence electrons. The van der Waals surface area contributed by atoms with E-state index in [4.69, 9.17) is 71.1 Å². The Morgan fingerprint density at radius 2 is 0.546 bits per heavy atom. The van der Waals surface area contributed by atoms with E-state index in [0.717, 1.165) is 27.8 Å². The van der Waals surface area contributed by atoms with Crippen molar-refractivity contribution in [3.63, 3.8) is 0 Å². The molecule has 20 heteroatoms. The van der Waals surface area contributed by atoms with Crippen molar-refractivity contribution in [2.75, 3.05) is 19.8 Å². The molecule has 3 saturated heterocycles. The zero-order chi connectivity index (χ0) is 74.1. The highest BCUT2D eigenvalue weighted by Crippen LogP contribution is 2.40. The molecule has 3 aliphatic rings. The largest absolute Gasteiger partial charge is 0.459 e. The fourth-order valence-corrected chi connectivity index (χ4v) is 13.0. The van der Waals surface area contributed by atoms with Crippen LogP contribution in [-0.4, -0.2) is 141 Å². The van der Waals surface area contributed by atoms with Crippen LogP contribution in [0.5, 0.6) is 0 Å². The number of carbonyl (C=O) groups is 4.